The first-order valence-electron chi connectivity index (χ1n) is 12.4. The Morgan fingerprint density at radius 3 is 2.69 bits per heavy atom. The minimum atomic E-state index is -0.571. The van der Waals surface area contributed by atoms with Gasteiger partial charge in [0.25, 0.3) is 11.5 Å². The van der Waals surface area contributed by atoms with Gasteiger partial charge >= 0.3 is 0 Å². The van der Waals surface area contributed by atoms with Crippen LogP contribution in [0.4, 0.5) is 5.82 Å². The molecular formula is C31H26N6O2. The zero-order chi connectivity index (χ0) is 27.5. The highest BCUT2D eigenvalue weighted by Crippen LogP contribution is 2.24. The van der Waals surface area contributed by atoms with Crippen molar-refractivity contribution in [3.05, 3.63) is 125 Å². The molecule has 0 bridgehead atoms. The first kappa shape index (κ1) is 25.2. The van der Waals surface area contributed by atoms with Crippen LogP contribution in [-0.2, 0) is 0 Å². The molecule has 0 aliphatic heterocycles. The van der Waals surface area contributed by atoms with Gasteiger partial charge in [0.2, 0.25) is 0 Å². The molecule has 192 valence electrons. The lowest BCUT2D eigenvalue weighted by Crippen LogP contribution is -2.32. The number of nitrogen functional groups attached to an aromatic ring is 1. The van der Waals surface area contributed by atoms with Gasteiger partial charge in [0.15, 0.2) is 11.5 Å². The predicted molar refractivity (Wildman–Crippen MR) is 154 cm³/mol. The second-order valence-corrected chi connectivity index (χ2v) is 8.86. The van der Waals surface area contributed by atoms with Gasteiger partial charge < -0.3 is 11.1 Å². The first-order chi connectivity index (χ1) is 18.9. The van der Waals surface area contributed by atoms with Crippen molar-refractivity contribution < 1.29 is 4.79 Å². The number of hydrogen-bond donors (Lipinski definition) is 2. The van der Waals surface area contributed by atoms with Gasteiger partial charge in [0.05, 0.1) is 11.4 Å². The molecule has 2 aromatic carbocycles. The fourth-order valence-electron chi connectivity index (χ4n) is 4.49. The summed E-state index contributed by atoms with van der Waals surface area (Å²) in [5.74, 6) is 5.83. The molecule has 8 nitrogen and oxygen atoms in total. The van der Waals surface area contributed by atoms with E-state index in [1.807, 2.05) is 74.5 Å². The Kier molecular flexibility index (Phi) is 6.81. The quantitative estimate of drug-likeness (QED) is 0.264. The molecular weight excluding hydrogens is 488 g/mol. The number of nitrogens with one attached hydrogen (secondary N) is 1. The van der Waals surface area contributed by atoms with Crippen LogP contribution in [0.5, 0.6) is 0 Å². The van der Waals surface area contributed by atoms with Gasteiger partial charge in [-0.05, 0) is 49.6 Å². The van der Waals surface area contributed by atoms with E-state index in [1.165, 1.54) is 4.52 Å². The molecule has 0 spiro atoms. The smallest absolute Gasteiger partial charge is 0.264 e. The molecule has 3 aromatic heterocycles. The van der Waals surface area contributed by atoms with E-state index < -0.39 is 11.9 Å². The van der Waals surface area contributed by atoms with Crippen molar-refractivity contribution in [3.8, 4) is 17.5 Å². The summed E-state index contributed by atoms with van der Waals surface area (Å²) in [5, 5.41) is 8.37. The van der Waals surface area contributed by atoms with Crippen molar-refractivity contribution in [1.29, 1.82) is 0 Å². The van der Waals surface area contributed by atoms with E-state index in [2.05, 4.69) is 33.8 Å². The number of carbonyl (C=O) groups excluding carboxylic acids is 1. The molecule has 0 radical (unpaired) electrons. The van der Waals surface area contributed by atoms with E-state index >= 15 is 0 Å². The lowest BCUT2D eigenvalue weighted by molar-refractivity contribution is 0.0941. The van der Waals surface area contributed by atoms with Gasteiger partial charge in [-0.1, -0.05) is 60.9 Å². The van der Waals surface area contributed by atoms with Crippen LogP contribution >= 0.6 is 0 Å². The summed E-state index contributed by atoms with van der Waals surface area (Å²) in [6, 6.07) is 17.9. The Balaban J connectivity index is 1.66. The number of nitrogens with two attached hydrogens (primary N) is 1. The number of hydrogen-bond acceptors (Lipinski definition) is 5. The van der Waals surface area contributed by atoms with Gasteiger partial charge in [-0.25, -0.2) is 9.50 Å². The van der Waals surface area contributed by atoms with Crippen molar-refractivity contribution in [3.63, 3.8) is 0 Å². The summed E-state index contributed by atoms with van der Waals surface area (Å²) < 4.78 is 3.07. The lowest BCUT2D eigenvalue weighted by Gasteiger charge is -2.21. The van der Waals surface area contributed by atoms with Crippen LogP contribution in [0.3, 0.4) is 0 Å². The van der Waals surface area contributed by atoms with Crippen LogP contribution in [0.25, 0.3) is 22.1 Å². The largest absolute Gasteiger partial charge is 0.381 e. The number of fused-ring (bicyclic) bond motifs is 2. The molecule has 0 aliphatic rings. The second-order valence-electron chi connectivity index (χ2n) is 8.86. The zero-order valence-electron chi connectivity index (χ0n) is 21.6. The Labute approximate surface area is 225 Å². The maximum atomic E-state index is 14.1. The molecule has 1 atom stereocenters. The van der Waals surface area contributed by atoms with Crippen molar-refractivity contribution in [2.24, 2.45) is 0 Å². The molecule has 3 N–H and O–H groups in total. The van der Waals surface area contributed by atoms with Gasteiger partial charge in [-0.15, -0.1) is 5.10 Å². The molecule has 5 aromatic rings. The summed E-state index contributed by atoms with van der Waals surface area (Å²) in [5.41, 5.74) is 8.99. The molecule has 1 amide bonds. The van der Waals surface area contributed by atoms with Crippen LogP contribution in [-0.4, -0.2) is 25.1 Å². The number of anilines is 1. The highest BCUT2D eigenvalue weighted by atomic mass is 16.2. The molecule has 39 heavy (non-hydrogen) atoms. The number of aromatic nitrogens is 4. The van der Waals surface area contributed by atoms with Crippen LogP contribution in [0.2, 0.25) is 0 Å². The van der Waals surface area contributed by atoms with Crippen LogP contribution in [0.15, 0.2) is 102 Å². The number of benzene rings is 2. The molecule has 0 saturated carbocycles. The number of pyridine rings is 1. The monoisotopic (exact) mass is 514 g/mol. The highest BCUT2D eigenvalue weighted by molar-refractivity contribution is 6.04. The van der Waals surface area contributed by atoms with Crippen LogP contribution in [0.1, 0.15) is 41.5 Å². The summed E-state index contributed by atoms with van der Waals surface area (Å²) in [7, 11) is 0. The van der Waals surface area contributed by atoms with Gasteiger partial charge in [0.1, 0.15) is 5.56 Å². The Hall–Kier alpha value is -5.42. The maximum Gasteiger partial charge on any atom is 0.264 e. The normalized spacial score (nSPS) is 12.1. The van der Waals surface area contributed by atoms with Crippen molar-refractivity contribution in [2.75, 3.05) is 5.73 Å². The lowest BCUT2D eigenvalue weighted by atomic mass is 10.0. The predicted octanol–water partition coefficient (Wildman–Crippen LogP) is 4.59. The summed E-state index contributed by atoms with van der Waals surface area (Å²) in [6.07, 6.45) is 6.78. The second kappa shape index (κ2) is 10.5. The number of allylic oxidation sites excluding steroid dienone is 3. The topological polar surface area (TPSA) is 107 Å². The van der Waals surface area contributed by atoms with E-state index in [4.69, 9.17) is 5.73 Å². The van der Waals surface area contributed by atoms with Crippen molar-refractivity contribution in [1.82, 2.24) is 24.5 Å². The van der Waals surface area contributed by atoms with Crippen molar-refractivity contribution >= 4 is 28.1 Å². The number of rotatable bonds is 5. The molecule has 3 heterocycles. The third-order valence-corrected chi connectivity index (χ3v) is 6.40. The number of nitrogens with zero attached hydrogens (tertiary/aromatic N) is 4. The molecule has 5 rings (SSSR count). The summed E-state index contributed by atoms with van der Waals surface area (Å²) >= 11 is 0. The zero-order valence-corrected chi connectivity index (χ0v) is 21.6. The molecule has 8 heteroatoms. The van der Waals surface area contributed by atoms with Crippen LogP contribution in [0, 0.1) is 11.8 Å². The number of carbonyl (C=O) groups is 1. The third-order valence-electron chi connectivity index (χ3n) is 6.40. The Bertz CT molecular complexity index is 1890. The first-order valence-corrected chi connectivity index (χ1v) is 12.4. The van der Waals surface area contributed by atoms with E-state index in [9.17, 15) is 9.59 Å². The maximum absolute atomic E-state index is 14.1. The van der Waals surface area contributed by atoms with E-state index in [-0.39, 0.29) is 16.9 Å². The van der Waals surface area contributed by atoms with E-state index in [1.54, 1.807) is 29.1 Å². The summed E-state index contributed by atoms with van der Waals surface area (Å²) in [4.78, 5) is 31.7. The van der Waals surface area contributed by atoms with Gasteiger partial charge in [-0.2, -0.15) is 0 Å². The minimum Gasteiger partial charge on any atom is -0.381 e. The third kappa shape index (κ3) is 4.69. The molecule has 0 saturated heterocycles. The van der Waals surface area contributed by atoms with Gasteiger partial charge in [-0.3, -0.25) is 14.2 Å². The fourth-order valence-corrected chi connectivity index (χ4v) is 4.49. The number of amides is 1. The molecule has 0 fully saturated rings. The van der Waals surface area contributed by atoms with Crippen LogP contribution < -0.4 is 16.6 Å². The SMILES string of the molecule is C=C/C(C#Cc1cccc2cc([C@H](C)NC(=O)c3c(N)nn4cccnc34)n(-c3ccccc3)c(=O)c12)=C\C. The minimum absolute atomic E-state index is 0.0700. The summed E-state index contributed by atoms with van der Waals surface area (Å²) in [6.45, 7) is 7.49. The van der Waals surface area contributed by atoms with E-state index in [0.29, 0.717) is 33.4 Å². The Morgan fingerprint density at radius 1 is 1.15 bits per heavy atom. The average molecular weight is 515 g/mol. The fraction of sp³-hybridized carbons (Fsp3) is 0.0968. The van der Waals surface area contributed by atoms with Gasteiger partial charge in [0, 0.05) is 34.9 Å². The standard InChI is InChI=1S/C31H26N6O2/c1-4-21(5-2)15-16-22-11-9-12-23-19-25(37(31(39)26(22)23)24-13-7-6-8-14-24)20(3)34-30(38)27-28(32)35-36-18-10-17-33-29(27)36/h4-14,17-20H,1H2,2-3H3,(H2,32,35)(H,34,38)/b21-5+/t20-/m0/s1. The molecule has 0 unspecified atom stereocenters. The Morgan fingerprint density at radius 2 is 1.95 bits per heavy atom. The van der Waals surface area contributed by atoms with Crippen molar-refractivity contribution in [2.45, 2.75) is 19.9 Å². The average Bonchev–Trinajstić information content (AvgIpc) is 3.29. The van der Waals surface area contributed by atoms with E-state index in [0.717, 1.165) is 5.57 Å². The number of para-hydroxylation sites is 1. The molecule has 0 aliphatic carbocycles. The highest BCUT2D eigenvalue weighted by Gasteiger charge is 2.23.